The Balaban J connectivity index is 1.97. The molecule has 2 unspecified atom stereocenters. The number of pyridine rings is 1. The van der Waals surface area contributed by atoms with Crippen LogP contribution in [0.3, 0.4) is 0 Å². The van der Waals surface area contributed by atoms with Crippen molar-refractivity contribution in [2.24, 2.45) is 5.41 Å². The van der Waals surface area contributed by atoms with Crippen LogP contribution in [0.15, 0.2) is 18.5 Å². The van der Waals surface area contributed by atoms with E-state index in [4.69, 9.17) is 0 Å². The molecular formula is C15H23FN2. The van der Waals surface area contributed by atoms with Crippen LogP contribution >= 0.6 is 0 Å². The highest BCUT2D eigenvalue weighted by Crippen LogP contribution is 2.35. The SMILES string of the molecule is CC(NC1CCCC(C)(C)C1)c1cncc(F)c1. The average molecular weight is 250 g/mol. The van der Waals surface area contributed by atoms with Gasteiger partial charge in [-0.2, -0.15) is 0 Å². The lowest BCUT2D eigenvalue weighted by Gasteiger charge is -2.37. The number of hydrogen-bond donors (Lipinski definition) is 1. The van der Waals surface area contributed by atoms with Gasteiger partial charge >= 0.3 is 0 Å². The van der Waals surface area contributed by atoms with Crippen molar-refractivity contribution >= 4 is 0 Å². The Morgan fingerprint density at radius 1 is 1.44 bits per heavy atom. The molecule has 2 nitrogen and oxygen atoms in total. The van der Waals surface area contributed by atoms with Gasteiger partial charge in [0, 0.05) is 18.3 Å². The van der Waals surface area contributed by atoms with Crippen LogP contribution in [0.4, 0.5) is 4.39 Å². The Bertz CT molecular complexity index is 403. The highest BCUT2D eigenvalue weighted by Gasteiger charge is 2.28. The normalized spacial score (nSPS) is 24.8. The fraction of sp³-hybridized carbons (Fsp3) is 0.667. The first-order valence-corrected chi connectivity index (χ1v) is 6.83. The molecule has 0 aromatic carbocycles. The van der Waals surface area contributed by atoms with Gasteiger partial charge in [0.1, 0.15) is 5.82 Å². The van der Waals surface area contributed by atoms with E-state index in [1.54, 1.807) is 12.3 Å². The van der Waals surface area contributed by atoms with Gasteiger partial charge in [-0.1, -0.05) is 20.3 Å². The summed E-state index contributed by atoms with van der Waals surface area (Å²) in [5, 5.41) is 3.61. The quantitative estimate of drug-likeness (QED) is 0.881. The summed E-state index contributed by atoms with van der Waals surface area (Å²) in [5.41, 5.74) is 1.36. The van der Waals surface area contributed by atoms with Crippen LogP contribution in [-0.4, -0.2) is 11.0 Å². The molecule has 1 fully saturated rings. The average Bonchev–Trinajstić information content (AvgIpc) is 2.27. The summed E-state index contributed by atoms with van der Waals surface area (Å²) >= 11 is 0. The summed E-state index contributed by atoms with van der Waals surface area (Å²) in [6, 6.07) is 2.26. The van der Waals surface area contributed by atoms with Crippen molar-refractivity contribution in [2.75, 3.05) is 0 Å². The third-order valence-corrected chi connectivity index (χ3v) is 3.92. The first kappa shape index (κ1) is 13.5. The van der Waals surface area contributed by atoms with Crippen molar-refractivity contribution in [1.29, 1.82) is 0 Å². The topological polar surface area (TPSA) is 24.9 Å². The van der Waals surface area contributed by atoms with Gasteiger partial charge in [0.25, 0.3) is 0 Å². The predicted molar refractivity (Wildman–Crippen MR) is 71.8 cm³/mol. The lowest BCUT2D eigenvalue weighted by Crippen LogP contribution is -2.38. The molecule has 1 aliphatic carbocycles. The first-order chi connectivity index (χ1) is 8.46. The molecule has 0 bridgehead atoms. The summed E-state index contributed by atoms with van der Waals surface area (Å²) in [4.78, 5) is 3.91. The highest BCUT2D eigenvalue weighted by atomic mass is 19.1. The molecule has 1 aromatic rings. The molecule has 0 radical (unpaired) electrons. The Morgan fingerprint density at radius 3 is 2.89 bits per heavy atom. The van der Waals surface area contributed by atoms with Crippen molar-refractivity contribution in [3.63, 3.8) is 0 Å². The van der Waals surface area contributed by atoms with Gasteiger partial charge in [0.15, 0.2) is 0 Å². The molecule has 1 aromatic heterocycles. The third-order valence-electron chi connectivity index (χ3n) is 3.92. The maximum atomic E-state index is 13.1. The standard InChI is InChI=1S/C15H23FN2/c1-11(12-7-13(16)10-17-9-12)18-14-5-4-6-15(2,3)8-14/h7,9-11,14,18H,4-6,8H2,1-3H3. The molecule has 1 saturated carbocycles. The van der Waals surface area contributed by atoms with E-state index in [1.807, 2.05) is 0 Å². The van der Waals surface area contributed by atoms with Crippen molar-refractivity contribution in [1.82, 2.24) is 10.3 Å². The number of nitrogens with zero attached hydrogens (tertiary/aromatic N) is 1. The number of rotatable bonds is 3. The zero-order valence-corrected chi connectivity index (χ0v) is 11.5. The molecule has 0 saturated heterocycles. The Morgan fingerprint density at radius 2 is 2.22 bits per heavy atom. The van der Waals surface area contributed by atoms with Crippen LogP contribution in [0.25, 0.3) is 0 Å². The van der Waals surface area contributed by atoms with Crippen LogP contribution in [0.1, 0.15) is 58.1 Å². The summed E-state index contributed by atoms with van der Waals surface area (Å²) in [6.07, 6.45) is 7.99. The maximum absolute atomic E-state index is 13.1. The van der Waals surface area contributed by atoms with E-state index < -0.39 is 0 Å². The number of aromatic nitrogens is 1. The van der Waals surface area contributed by atoms with Gasteiger partial charge in [0.2, 0.25) is 0 Å². The third kappa shape index (κ3) is 3.52. The van der Waals surface area contributed by atoms with Gasteiger partial charge in [0.05, 0.1) is 6.20 Å². The number of halogens is 1. The molecule has 2 rings (SSSR count). The van der Waals surface area contributed by atoms with Crippen LogP contribution in [-0.2, 0) is 0 Å². The fourth-order valence-electron chi connectivity index (χ4n) is 2.96. The summed E-state index contributed by atoms with van der Waals surface area (Å²) in [7, 11) is 0. The molecule has 100 valence electrons. The molecule has 18 heavy (non-hydrogen) atoms. The van der Waals surface area contributed by atoms with E-state index in [2.05, 4.69) is 31.1 Å². The van der Waals surface area contributed by atoms with Crippen LogP contribution in [0, 0.1) is 11.2 Å². The number of hydrogen-bond acceptors (Lipinski definition) is 2. The van der Waals surface area contributed by atoms with Crippen LogP contribution in [0.5, 0.6) is 0 Å². The molecule has 0 spiro atoms. The van der Waals surface area contributed by atoms with Crippen molar-refractivity contribution in [3.8, 4) is 0 Å². The minimum atomic E-state index is -0.259. The molecule has 3 heteroatoms. The lowest BCUT2D eigenvalue weighted by molar-refractivity contribution is 0.191. The van der Waals surface area contributed by atoms with Crippen LogP contribution in [0.2, 0.25) is 0 Å². The molecular weight excluding hydrogens is 227 g/mol. The molecule has 1 N–H and O–H groups in total. The second kappa shape index (κ2) is 5.35. The zero-order valence-electron chi connectivity index (χ0n) is 11.5. The smallest absolute Gasteiger partial charge is 0.141 e. The van der Waals surface area contributed by atoms with Gasteiger partial charge in [-0.15, -0.1) is 0 Å². The highest BCUT2D eigenvalue weighted by molar-refractivity contribution is 5.14. The summed E-state index contributed by atoms with van der Waals surface area (Å²) < 4.78 is 13.1. The Labute approximate surface area is 109 Å². The molecule has 1 aliphatic rings. The Hall–Kier alpha value is -0.960. The second-order valence-electron chi connectivity index (χ2n) is 6.28. The maximum Gasteiger partial charge on any atom is 0.141 e. The van der Waals surface area contributed by atoms with E-state index in [9.17, 15) is 4.39 Å². The second-order valence-corrected chi connectivity index (χ2v) is 6.28. The van der Waals surface area contributed by atoms with E-state index in [1.165, 1.54) is 31.9 Å². The van der Waals surface area contributed by atoms with Crippen molar-refractivity contribution in [3.05, 3.63) is 29.8 Å². The minimum Gasteiger partial charge on any atom is -0.307 e. The Kier molecular flexibility index (Phi) is 4.00. The van der Waals surface area contributed by atoms with Crippen molar-refractivity contribution < 1.29 is 4.39 Å². The van der Waals surface area contributed by atoms with E-state index in [-0.39, 0.29) is 11.9 Å². The summed E-state index contributed by atoms with van der Waals surface area (Å²) in [5.74, 6) is -0.259. The van der Waals surface area contributed by atoms with Gasteiger partial charge in [-0.25, -0.2) is 4.39 Å². The first-order valence-electron chi connectivity index (χ1n) is 6.83. The fourth-order valence-corrected chi connectivity index (χ4v) is 2.96. The monoisotopic (exact) mass is 250 g/mol. The number of nitrogens with one attached hydrogen (secondary N) is 1. The summed E-state index contributed by atoms with van der Waals surface area (Å²) in [6.45, 7) is 6.74. The largest absolute Gasteiger partial charge is 0.307 e. The lowest BCUT2D eigenvalue weighted by atomic mass is 9.75. The van der Waals surface area contributed by atoms with Gasteiger partial charge in [-0.05, 0) is 43.2 Å². The molecule has 1 heterocycles. The molecule has 0 amide bonds. The van der Waals surface area contributed by atoms with E-state index in [0.717, 1.165) is 5.56 Å². The minimum absolute atomic E-state index is 0.159. The van der Waals surface area contributed by atoms with Crippen LogP contribution < -0.4 is 5.32 Å². The van der Waals surface area contributed by atoms with Crippen molar-refractivity contribution in [2.45, 2.75) is 58.5 Å². The molecule has 2 atom stereocenters. The van der Waals surface area contributed by atoms with Gasteiger partial charge < -0.3 is 5.32 Å². The van der Waals surface area contributed by atoms with E-state index >= 15 is 0 Å². The van der Waals surface area contributed by atoms with Gasteiger partial charge in [-0.3, -0.25) is 4.98 Å². The van der Waals surface area contributed by atoms with E-state index in [0.29, 0.717) is 11.5 Å². The zero-order chi connectivity index (χ0) is 13.2. The predicted octanol–water partition coefficient (Wildman–Crippen LogP) is 3.84. The molecule has 0 aliphatic heterocycles.